The molecule has 148 valence electrons. The van der Waals surface area contributed by atoms with Gasteiger partial charge in [-0.3, -0.25) is 9.59 Å². The number of hydrogen-bond donors (Lipinski definition) is 2. The van der Waals surface area contributed by atoms with E-state index in [9.17, 15) is 9.59 Å². The van der Waals surface area contributed by atoms with E-state index in [2.05, 4.69) is 15.8 Å². The lowest BCUT2D eigenvalue weighted by Crippen LogP contribution is -2.26. The van der Waals surface area contributed by atoms with Crippen LogP contribution >= 0.6 is 0 Å². The number of carbonyl (C=O) groups is 2. The molecule has 0 heterocycles. The van der Waals surface area contributed by atoms with E-state index >= 15 is 0 Å². The number of carbonyl (C=O) groups excluding carboxylic acids is 2. The first-order chi connectivity index (χ1) is 13.5. The Morgan fingerprint density at radius 2 is 1.68 bits per heavy atom. The van der Waals surface area contributed by atoms with Gasteiger partial charge in [0.1, 0.15) is 11.5 Å². The Kier molecular flexibility index (Phi) is 8.02. The predicted octanol–water partition coefficient (Wildman–Crippen LogP) is 2.64. The Hall–Kier alpha value is -3.35. The number of amides is 2. The SMILES string of the molecule is COc1ccc(/C(C)=N\NC(=O)CCC(=O)NCc2ccccc2)c(OC)c1. The minimum Gasteiger partial charge on any atom is -0.497 e. The Balaban J connectivity index is 1.81. The molecule has 2 N–H and O–H groups in total. The topological polar surface area (TPSA) is 89.0 Å². The van der Waals surface area contributed by atoms with E-state index in [0.717, 1.165) is 11.1 Å². The van der Waals surface area contributed by atoms with Crippen molar-refractivity contribution in [3.05, 3.63) is 59.7 Å². The van der Waals surface area contributed by atoms with Gasteiger partial charge in [-0.15, -0.1) is 0 Å². The van der Waals surface area contributed by atoms with Crippen LogP contribution in [0.1, 0.15) is 30.9 Å². The van der Waals surface area contributed by atoms with Gasteiger partial charge < -0.3 is 14.8 Å². The molecule has 0 aliphatic rings. The molecular weight excluding hydrogens is 358 g/mol. The Bertz CT molecular complexity index is 835. The van der Waals surface area contributed by atoms with Gasteiger partial charge in [-0.25, -0.2) is 5.43 Å². The minimum atomic E-state index is -0.332. The summed E-state index contributed by atoms with van der Waals surface area (Å²) in [7, 11) is 3.13. The lowest BCUT2D eigenvalue weighted by atomic mass is 10.1. The second-order valence-corrected chi connectivity index (χ2v) is 6.06. The van der Waals surface area contributed by atoms with Gasteiger partial charge in [-0.05, 0) is 24.6 Å². The van der Waals surface area contributed by atoms with Crippen molar-refractivity contribution >= 4 is 17.5 Å². The van der Waals surface area contributed by atoms with Crippen LogP contribution in [0.3, 0.4) is 0 Å². The first-order valence-electron chi connectivity index (χ1n) is 8.89. The molecule has 2 amide bonds. The molecule has 2 aromatic carbocycles. The van der Waals surface area contributed by atoms with Gasteiger partial charge in [-0.2, -0.15) is 5.10 Å². The number of hydrogen-bond acceptors (Lipinski definition) is 5. The molecule has 2 aromatic rings. The molecular formula is C21H25N3O4. The van der Waals surface area contributed by atoms with E-state index in [1.807, 2.05) is 30.3 Å². The van der Waals surface area contributed by atoms with Crippen molar-refractivity contribution in [1.29, 1.82) is 0 Å². The van der Waals surface area contributed by atoms with Gasteiger partial charge in [0, 0.05) is 31.0 Å². The summed E-state index contributed by atoms with van der Waals surface area (Å²) in [6, 6.07) is 14.9. The standard InChI is InChI=1S/C21H25N3O4/c1-15(18-10-9-17(27-2)13-19(18)28-3)23-24-21(26)12-11-20(25)22-14-16-7-5-4-6-8-16/h4-10,13H,11-12,14H2,1-3H3,(H,22,25)(H,24,26)/b23-15-. The maximum absolute atomic E-state index is 12.0. The van der Waals surface area contributed by atoms with E-state index < -0.39 is 0 Å². The number of methoxy groups -OCH3 is 2. The summed E-state index contributed by atoms with van der Waals surface area (Å²) < 4.78 is 10.5. The second kappa shape index (κ2) is 10.7. The molecule has 0 saturated carbocycles. The van der Waals surface area contributed by atoms with Crippen molar-refractivity contribution < 1.29 is 19.1 Å². The van der Waals surface area contributed by atoms with Crippen LogP contribution in [0.25, 0.3) is 0 Å². The average molecular weight is 383 g/mol. The summed E-state index contributed by atoms with van der Waals surface area (Å²) in [6.45, 7) is 2.20. The van der Waals surface area contributed by atoms with Gasteiger partial charge in [0.05, 0.1) is 19.9 Å². The van der Waals surface area contributed by atoms with Crippen LogP contribution in [-0.4, -0.2) is 31.7 Å². The average Bonchev–Trinajstić information content (AvgIpc) is 2.74. The van der Waals surface area contributed by atoms with Gasteiger partial charge in [0.25, 0.3) is 0 Å². The summed E-state index contributed by atoms with van der Waals surface area (Å²) >= 11 is 0. The third-order valence-electron chi connectivity index (χ3n) is 4.06. The highest BCUT2D eigenvalue weighted by Gasteiger charge is 2.10. The monoisotopic (exact) mass is 383 g/mol. The number of nitrogens with one attached hydrogen (secondary N) is 2. The van der Waals surface area contributed by atoms with Gasteiger partial charge in [0.2, 0.25) is 11.8 Å². The summed E-state index contributed by atoms with van der Waals surface area (Å²) in [6.07, 6.45) is 0.149. The van der Waals surface area contributed by atoms with Crippen LogP contribution in [0.5, 0.6) is 11.5 Å². The summed E-state index contributed by atoms with van der Waals surface area (Å²) in [5.74, 6) is 0.743. The predicted molar refractivity (Wildman–Crippen MR) is 107 cm³/mol. The van der Waals surface area contributed by atoms with Crippen molar-refractivity contribution in [2.75, 3.05) is 14.2 Å². The first-order valence-corrected chi connectivity index (χ1v) is 8.89. The maximum atomic E-state index is 12.0. The zero-order chi connectivity index (χ0) is 20.4. The van der Waals surface area contributed by atoms with E-state index in [1.165, 1.54) is 0 Å². The lowest BCUT2D eigenvalue weighted by molar-refractivity contribution is -0.126. The number of hydrazone groups is 1. The Labute approximate surface area is 164 Å². The molecule has 0 atom stereocenters. The summed E-state index contributed by atoms with van der Waals surface area (Å²) in [4.78, 5) is 23.8. The molecule has 0 fully saturated rings. The molecule has 7 nitrogen and oxygen atoms in total. The number of benzene rings is 2. The van der Waals surface area contributed by atoms with Crippen molar-refractivity contribution in [3.63, 3.8) is 0 Å². The first kappa shape index (κ1) is 21.0. The van der Waals surface area contributed by atoms with Crippen LogP contribution in [0.2, 0.25) is 0 Å². The largest absolute Gasteiger partial charge is 0.497 e. The lowest BCUT2D eigenvalue weighted by Gasteiger charge is -2.10. The smallest absolute Gasteiger partial charge is 0.240 e. The van der Waals surface area contributed by atoms with E-state index in [-0.39, 0.29) is 24.7 Å². The van der Waals surface area contributed by atoms with Crippen molar-refractivity contribution in [1.82, 2.24) is 10.7 Å². The maximum Gasteiger partial charge on any atom is 0.240 e. The molecule has 0 bridgehead atoms. The van der Waals surface area contributed by atoms with Gasteiger partial charge in [-0.1, -0.05) is 30.3 Å². The fourth-order valence-electron chi connectivity index (χ4n) is 2.47. The third kappa shape index (κ3) is 6.42. The summed E-state index contributed by atoms with van der Waals surface area (Å²) in [5, 5.41) is 6.88. The highest BCUT2D eigenvalue weighted by molar-refractivity contribution is 6.01. The van der Waals surface area contributed by atoms with E-state index in [4.69, 9.17) is 9.47 Å². The number of nitrogens with zero attached hydrogens (tertiary/aromatic N) is 1. The highest BCUT2D eigenvalue weighted by Crippen LogP contribution is 2.25. The van der Waals surface area contributed by atoms with Crippen LogP contribution < -0.4 is 20.2 Å². The van der Waals surface area contributed by atoms with Crippen LogP contribution in [0.4, 0.5) is 0 Å². The van der Waals surface area contributed by atoms with Gasteiger partial charge in [0.15, 0.2) is 0 Å². The molecule has 7 heteroatoms. The Morgan fingerprint density at radius 3 is 2.36 bits per heavy atom. The number of ether oxygens (including phenoxy) is 2. The van der Waals surface area contributed by atoms with Crippen LogP contribution in [0, 0.1) is 0 Å². The van der Waals surface area contributed by atoms with Gasteiger partial charge >= 0.3 is 0 Å². The van der Waals surface area contributed by atoms with Crippen LogP contribution in [-0.2, 0) is 16.1 Å². The second-order valence-electron chi connectivity index (χ2n) is 6.06. The quantitative estimate of drug-likeness (QED) is 0.515. The van der Waals surface area contributed by atoms with Crippen LogP contribution in [0.15, 0.2) is 53.6 Å². The Morgan fingerprint density at radius 1 is 0.964 bits per heavy atom. The fourth-order valence-corrected chi connectivity index (χ4v) is 2.47. The molecule has 0 aliphatic heterocycles. The molecule has 28 heavy (non-hydrogen) atoms. The van der Waals surface area contributed by atoms with Crippen molar-refractivity contribution in [2.24, 2.45) is 5.10 Å². The highest BCUT2D eigenvalue weighted by atomic mass is 16.5. The number of rotatable bonds is 9. The minimum absolute atomic E-state index is 0.0527. The zero-order valence-electron chi connectivity index (χ0n) is 16.3. The van der Waals surface area contributed by atoms with Crippen molar-refractivity contribution in [2.45, 2.75) is 26.3 Å². The van der Waals surface area contributed by atoms with E-state index in [0.29, 0.717) is 23.8 Å². The fraction of sp³-hybridized carbons (Fsp3) is 0.286. The zero-order valence-corrected chi connectivity index (χ0v) is 16.3. The third-order valence-corrected chi connectivity index (χ3v) is 4.06. The molecule has 0 spiro atoms. The van der Waals surface area contributed by atoms with E-state index in [1.54, 1.807) is 39.3 Å². The molecule has 2 rings (SSSR count). The summed E-state index contributed by atoms with van der Waals surface area (Å²) in [5.41, 5.74) is 4.81. The van der Waals surface area contributed by atoms with Crippen molar-refractivity contribution in [3.8, 4) is 11.5 Å². The molecule has 0 radical (unpaired) electrons. The molecule has 0 saturated heterocycles. The molecule has 0 aromatic heterocycles. The normalized spacial score (nSPS) is 10.9. The molecule has 0 unspecified atom stereocenters. The molecule has 0 aliphatic carbocycles.